The molecule has 0 amide bonds. The lowest BCUT2D eigenvalue weighted by Gasteiger charge is -2.48. The molecule has 0 bridgehead atoms. The van der Waals surface area contributed by atoms with Crippen molar-refractivity contribution in [3.05, 3.63) is 0 Å². The maximum Gasteiger partial charge on any atom is 0.179 e. The van der Waals surface area contributed by atoms with Gasteiger partial charge in [0, 0.05) is 0 Å². The number of hydrogen-bond acceptors (Lipinski definition) is 3. The third-order valence-electron chi connectivity index (χ3n) is 2.66. The van der Waals surface area contributed by atoms with Crippen LogP contribution in [0.4, 0.5) is 0 Å². The Morgan fingerprint density at radius 3 is 2.50 bits per heavy atom. The third kappa shape index (κ3) is 3.35. The van der Waals surface area contributed by atoms with Crippen LogP contribution in [-0.2, 0) is 4.74 Å². The monoisotopic (exact) mass is 216 g/mol. The first kappa shape index (κ1) is 12.2. The van der Waals surface area contributed by atoms with E-state index in [1.165, 1.54) is 32.2 Å². The Kier molecular flexibility index (Phi) is 5.70. The molecule has 1 heterocycles. The summed E-state index contributed by atoms with van der Waals surface area (Å²) in [7, 11) is 2.07. The molecule has 0 spiro atoms. The number of unbranched alkanes of at least 4 members (excludes halogenated alkanes) is 2. The molecule has 1 aliphatic rings. The fraction of sp³-hybridized carbons (Fsp3) is 1.00. The van der Waals surface area contributed by atoms with E-state index in [2.05, 4.69) is 30.0 Å². The Morgan fingerprint density at radius 1 is 1.21 bits per heavy atom. The summed E-state index contributed by atoms with van der Waals surface area (Å²) in [5, 5.41) is 0. The predicted molar refractivity (Wildman–Crippen MR) is 62.6 cm³/mol. The van der Waals surface area contributed by atoms with Gasteiger partial charge in [-0.3, -0.25) is 9.13 Å². The SMILES string of the molecule is CCCCOC1N(C)[SiH2]N1CCCC. The second-order valence-electron chi connectivity index (χ2n) is 4.11. The first-order valence-electron chi connectivity index (χ1n) is 5.85. The maximum atomic E-state index is 5.83. The van der Waals surface area contributed by atoms with Gasteiger partial charge in [0.15, 0.2) is 16.2 Å². The molecule has 0 saturated carbocycles. The van der Waals surface area contributed by atoms with Crippen LogP contribution < -0.4 is 0 Å². The van der Waals surface area contributed by atoms with E-state index in [0.29, 0.717) is 6.35 Å². The molecule has 0 radical (unpaired) electrons. The normalized spacial score (nSPS) is 25.5. The van der Waals surface area contributed by atoms with E-state index in [0.717, 1.165) is 6.61 Å². The summed E-state index contributed by atoms with van der Waals surface area (Å²) in [4.78, 5) is 0. The minimum absolute atomic E-state index is 0.117. The Balaban J connectivity index is 2.13. The highest BCUT2D eigenvalue weighted by atomic mass is 28.2. The molecule has 1 unspecified atom stereocenters. The second kappa shape index (κ2) is 6.56. The molecule has 0 aromatic heterocycles. The Labute approximate surface area is 90.4 Å². The zero-order chi connectivity index (χ0) is 10.4. The van der Waals surface area contributed by atoms with Gasteiger partial charge < -0.3 is 4.74 Å². The average Bonchev–Trinajstić information content (AvgIpc) is 2.19. The van der Waals surface area contributed by atoms with Crippen molar-refractivity contribution in [3.8, 4) is 0 Å². The van der Waals surface area contributed by atoms with E-state index in [4.69, 9.17) is 4.74 Å². The smallest absolute Gasteiger partial charge is 0.179 e. The molecule has 1 rings (SSSR count). The van der Waals surface area contributed by atoms with Gasteiger partial charge in [-0.25, -0.2) is 0 Å². The highest BCUT2D eigenvalue weighted by molar-refractivity contribution is 6.31. The van der Waals surface area contributed by atoms with Crippen LogP contribution in [0.25, 0.3) is 0 Å². The molecule has 14 heavy (non-hydrogen) atoms. The molecule has 1 atom stereocenters. The molecule has 1 fully saturated rings. The minimum Gasteiger partial charge on any atom is -0.351 e. The minimum atomic E-state index is -0.117. The Morgan fingerprint density at radius 2 is 1.93 bits per heavy atom. The number of rotatable bonds is 7. The van der Waals surface area contributed by atoms with Gasteiger partial charge >= 0.3 is 0 Å². The summed E-state index contributed by atoms with van der Waals surface area (Å²) in [5.74, 6) is 0. The van der Waals surface area contributed by atoms with Crippen molar-refractivity contribution in [1.82, 2.24) is 9.13 Å². The van der Waals surface area contributed by atoms with Crippen LogP contribution in [0, 0.1) is 0 Å². The van der Waals surface area contributed by atoms with Crippen molar-refractivity contribution in [3.63, 3.8) is 0 Å². The van der Waals surface area contributed by atoms with Crippen LogP contribution in [0.1, 0.15) is 39.5 Å². The van der Waals surface area contributed by atoms with E-state index in [-0.39, 0.29) is 9.84 Å². The predicted octanol–water partition coefficient (Wildman–Crippen LogP) is 1.13. The van der Waals surface area contributed by atoms with Crippen molar-refractivity contribution >= 4 is 9.84 Å². The van der Waals surface area contributed by atoms with Gasteiger partial charge in [0.1, 0.15) is 0 Å². The van der Waals surface area contributed by atoms with E-state index in [1.807, 2.05) is 0 Å². The van der Waals surface area contributed by atoms with Gasteiger partial charge in [0.05, 0.1) is 6.61 Å². The molecular formula is C10H24N2OSi. The summed E-state index contributed by atoms with van der Waals surface area (Å²) < 4.78 is 10.8. The summed E-state index contributed by atoms with van der Waals surface area (Å²) in [6.45, 7) is 6.61. The average molecular weight is 216 g/mol. The second-order valence-corrected chi connectivity index (χ2v) is 6.21. The quantitative estimate of drug-likeness (QED) is 0.469. The van der Waals surface area contributed by atoms with E-state index >= 15 is 0 Å². The van der Waals surface area contributed by atoms with Gasteiger partial charge in [-0.15, -0.1) is 0 Å². The lowest BCUT2D eigenvalue weighted by atomic mass is 10.3. The zero-order valence-electron chi connectivity index (χ0n) is 9.83. The summed E-state index contributed by atoms with van der Waals surface area (Å²) in [6.07, 6.45) is 5.33. The maximum absolute atomic E-state index is 5.83. The Hall–Kier alpha value is 0.0969. The van der Waals surface area contributed by atoms with Crippen LogP contribution in [0.2, 0.25) is 0 Å². The molecule has 1 aliphatic heterocycles. The van der Waals surface area contributed by atoms with Crippen LogP contribution in [0.3, 0.4) is 0 Å². The molecule has 0 aliphatic carbocycles. The number of hydrogen-bond donors (Lipinski definition) is 0. The van der Waals surface area contributed by atoms with E-state index < -0.39 is 0 Å². The van der Waals surface area contributed by atoms with E-state index in [9.17, 15) is 0 Å². The summed E-state index contributed by atoms with van der Waals surface area (Å²) >= 11 is 0. The lowest BCUT2D eigenvalue weighted by Crippen LogP contribution is -2.66. The van der Waals surface area contributed by atoms with Gasteiger partial charge in [0.2, 0.25) is 0 Å². The largest absolute Gasteiger partial charge is 0.351 e. The molecule has 0 N–H and O–H groups in total. The third-order valence-corrected chi connectivity index (χ3v) is 4.41. The molecule has 0 aromatic carbocycles. The first-order valence-corrected chi connectivity index (χ1v) is 7.12. The van der Waals surface area contributed by atoms with Gasteiger partial charge in [-0.2, -0.15) is 0 Å². The molecule has 84 valence electrons. The Bertz CT molecular complexity index is 157. The molecule has 3 nitrogen and oxygen atoms in total. The molecular weight excluding hydrogens is 192 g/mol. The fourth-order valence-corrected chi connectivity index (χ4v) is 3.35. The standard InChI is InChI=1S/C10H24N2OSi/c1-4-6-8-12-10(11(3)14-12)13-9-7-5-2/h10H,4-9,14H2,1-3H3. The molecule has 1 saturated heterocycles. The fourth-order valence-electron chi connectivity index (χ4n) is 1.72. The molecule has 4 heteroatoms. The van der Waals surface area contributed by atoms with Gasteiger partial charge in [-0.05, 0) is 26.4 Å². The van der Waals surface area contributed by atoms with Crippen molar-refractivity contribution in [2.45, 2.75) is 45.9 Å². The van der Waals surface area contributed by atoms with Crippen LogP contribution in [0.5, 0.6) is 0 Å². The van der Waals surface area contributed by atoms with Crippen LogP contribution in [0.15, 0.2) is 0 Å². The molecule has 0 aromatic rings. The summed E-state index contributed by atoms with van der Waals surface area (Å²) in [5.41, 5.74) is 0. The summed E-state index contributed by atoms with van der Waals surface area (Å²) in [6, 6.07) is 0. The van der Waals surface area contributed by atoms with Gasteiger partial charge in [0.25, 0.3) is 0 Å². The van der Waals surface area contributed by atoms with Crippen molar-refractivity contribution in [2.75, 3.05) is 20.2 Å². The van der Waals surface area contributed by atoms with Crippen LogP contribution in [-0.4, -0.2) is 45.5 Å². The lowest BCUT2D eigenvalue weighted by molar-refractivity contribution is -0.126. The van der Waals surface area contributed by atoms with Crippen molar-refractivity contribution in [2.24, 2.45) is 0 Å². The van der Waals surface area contributed by atoms with Crippen LogP contribution >= 0.6 is 0 Å². The van der Waals surface area contributed by atoms with Crippen molar-refractivity contribution in [1.29, 1.82) is 0 Å². The highest BCUT2D eigenvalue weighted by Crippen LogP contribution is 2.16. The highest BCUT2D eigenvalue weighted by Gasteiger charge is 2.33. The number of ether oxygens (including phenoxy) is 1. The van der Waals surface area contributed by atoms with Crippen molar-refractivity contribution < 1.29 is 4.74 Å². The first-order chi connectivity index (χ1) is 6.79. The number of nitrogens with zero attached hydrogens (tertiary/aromatic N) is 2. The van der Waals surface area contributed by atoms with Gasteiger partial charge in [-0.1, -0.05) is 26.7 Å². The van der Waals surface area contributed by atoms with E-state index in [1.54, 1.807) is 0 Å². The topological polar surface area (TPSA) is 15.7 Å². The zero-order valence-corrected chi connectivity index (χ0v) is 11.2.